The Morgan fingerprint density at radius 1 is 1.41 bits per heavy atom. The van der Waals surface area contributed by atoms with E-state index in [-0.39, 0.29) is 11.6 Å². The Morgan fingerprint density at radius 2 is 2.12 bits per heavy atom. The van der Waals surface area contributed by atoms with Crippen molar-refractivity contribution in [1.29, 1.82) is 0 Å². The molecular weight excluding hydrogens is 276 g/mol. The standard InChI is InChI=1S/C14H21BrN2/c1-10-6-7-12(11(15)9-10)17-8-4-5-13(16)14(17,2)3/h6-7,9,13H,4-5,8,16H2,1-3H3. The summed E-state index contributed by atoms with van der Waals surface area (Å²) in [5.41, 5.74) is 8.82. The van der Waals surface area contributed by atoms with E-state index in [0.29, 0.717) is 0 Å². The second kappa shape index (κ2) is 4.62. The van der Waals surface area contributed by atoms with Gasteiger partial charge in [-0.3, -0.25) is 0 Å². The van der Waals surface area contributed by atoms with Crippen LogP contribution in [0.3, 0.4) is 0 Å². The van der Waals surface area contributed by atoms with Crippen molar-refractivity contribution in [3.8, 4) is 0 Å². The van der Waals surface area contributed by atoms with Gasteiger partial charge in [0.05, 0.1) is 5.69 Å². The third-order valence-corrected chi connectivity index (χ3v) is 4.53. The molecule has 1 aliphatic heterocycles. The van der Waals surface area contributed by atoms with E-state index in [2.05, 4.69) is 59.8 Å². The summed E-state index contributed by atoms with van der Waals surface area (Å²) < 4.78 is 1.17. The Morgan fingerprint density at radius 3 is 2.76 bits per heavy atom. The summed E-state index contributed by atoms with van der Waals surface area (Å²) in [5.74, 6) is 0. The van der Waals surface area contributed by atoms with E-state index < -0.39 is 0 Å². The first-order valence-corrected chi connectivity index (χ1v) is 7.01. The average Bonchev–Trinajstić information content (AvgIpc) is 2.23. The minimum absolute atomic E-state index is 0.0238. The smallest absolute Gasteiger partial charge is 0.0515 e. The van der Waals surface area contributed by atoms with Gasteiger partial charge in [-0.25, -0.2) is 0 Å². The molecule has 3 heteroatoms. The molecule has 0 aliphatic carbocycles. The first-order chi connectivity index (χ1) is 7.93. The van der Waals surface area contributed by atoms with Crippen LogP contribution < -0.4 is 10.6 Å². The van der Waals surface area contributed by atoms with Crippen molar-refractivity contribution in [2.45, 2.75) is 45.2 Å². The van der Waals surface area contributed by atoms with Crippen LogP contribution in [0.1, 0.15) is 32.3 Å². The van der Waals surface area contributed by atoms with Gasteiger partial charge < -0.3 is 10.6 Å². The largest absolute Gasteiger partial charge is 0.364 e. The summed E-state index contributed by atoms with van der Waals surface area (Å²) in [4.78, 5) is 2.44. The van der Waals surface area contributed by atoms with Gasteiger partial charge in [0, 0.05) is 22.6 Å². The average molecular weight is 297 g/mol. The van der Waals surface area contributed by atoms with Crippen LogP contribution in [-0.4, -0.2) is 18.1 Å². The van der Waals surface area contributed by atoms with Crippen LogP contribution in [0, 0.1) is 6.92 Å². The molecule has 2 rings (SSSR count). The van der Waals surface area contributed by atoms with Crippen LogP contribution in [0.25, 0.3) is 0 Å². The molecule has 2 N–H and O–H groups in total. The van der Waals surface area contributed by atoms with Gasteiger partial charge in [-0.15, -0.1) is 0 Å². The lowest BCUT2D eigenvalue weighted by molar-refractivity contribution is 0.309. The molecule has 0 amide bonds. The zero-order valence-electron chi connectivity index (χ0n) is 10.8. The number of anilines is 1. The van der Waals surface area contributed by atoms with Crippen molar-refractivity contribution in [3.05, 3.63) is 28.2 Å². The minimum atomic E-state index is 0.0238. The zero-order chi connectivity index (χ0) is 12.6. The highest BCUT2D eigenvalue weighted by molar-refractivity contribution is 9.10. The fourth-order valence-corrected chi connectivity index (χ4v) is 3.28. The van der Waals surface area contributed by atoms with Crippen molar-refractivity contribution >= 4 is 21.6 Å². The number of hydrogen-bond donors (Lipinski definition) is 1. The number of rotatable bonds is 1. The van der Waals surface area contributed by atoms with Crippen molar-refractivity contribution in [3.63, 3.8) is 0 Å². The zero-order valence-corrected chi connectivity index (χ0v) is 12.4. The van der Waals surface area contributed by atoms with Gasteiger partial charge in [0.2, 0.25) is 0 Å². The van der Waals surface area contributed by atoms with Crippen LogP contribution in [0.15, 0.2) is 22.7 Å². The highest BCUT2D eigenvalue weighted by atomic mass is 79.9. The third kappa shape index (κ3) is 2.36. The van der Waals surface area contributed by atoms with Gasteiger partial charge in [-0.05, 0) is 67.2 Å². The second-order valence-corrected chi connectivity index (χ2v) is 6.36. The SMILES string of the molecule is Cc1ccc(N2CCCC(N)C2(C)C)c(Br)c1. The predicted octanol–water partition coefficient (Wildman–Crippen LogP) is 3.46. The topological polar surface area (TPSA) is 29.3 Å². The fraction of sp³-hybridized carbons (Fsp3) is 0.571. The van der Waals surface area contributed by atoms with E-state index in [0.717, 1.165) is 13.0 Å². The number of nitrogens with two attached hydrogens (primary N) is 1. The number of hydrogen-bond acceptors (Lipinski definition) is 2. The molecule has 1 saturated heterocycles. The molecule has 0 radical (unpaired) electrons. The van der Waals surface area contributed by atoms with Crippen molar-refractivity contribution < 1.29 is 0 Å². The molecule has 1 atom stereocenters. The van der Waals surface area contributed by atoms with Gasteiger partial charge in [0.1, 0.15) is 0 Å². The number of nitrogens with zero attached hydrogens (tertiary/aromatic N) is 1. The minimum Gasteiger partial charge on any atom is -0.364 e. The van der Waals surface area contributed by atoms with Crippen LogP contribution in [0.4, 0.5) is 5.69 Å². The van der Waals surface area contributed by atoms with Crippen molar-refractivity contribution in [2.24, 2.45) is 5.73 Å². The van der Waals surface area contributed by atoms with Gasteiger partial charge in [0.25, 0.3) is 0 Å². The van der Waals surface area contributed by atoms with E-state index in [9.17, 15) is 0 Å². The Kier molecular flexibility index (Phi) is 3.50. The molecule has 1 heterocycles. The molecule has 1 aromatic rings. The molecule has 0 aromatic heterocycles. The Labute approximate surface area is 112 Å². The number of piperidine rings is 1. The van der Waals surface area contributed by atoms with E-state index in [4.69, 9.17) is 5.73 Å². The Hall–Kier alpha value is -0.540. The summed E-state index contributed by atoms with van der Waals surface area (Å²) in [6.45, 7) is 7.68. The van der Waals surface area contributed by atoms with E-state index in [1.165, 1.54) is 22.1 Å². The van der Waals surface area contributed by atoms with Gasteiger partial charge in [-0.1, -0.05) is 6.07 Å². The van der Waals surface area contributed by atoms with Crippen LogP contribution >= 0.6 is 15.9 Å². The van der Waals surface area contributed by atoms with E-state index in [1.807, 2.05) is 0 Å². The maximum absolute atomic E-state index is 6.26. The molecule has 94 valence electrons. The van der Waals surface area contributed by atoms with Gasteiger partial charge in [-0.2, -0.15) is 0 Å². The predicted molar refractivity (Wildman–Crippen MR) is 77.5 cm³/mol. The summed E-state index contributed by atoms with van der Waals surface area (Å²) in [7, 11) is 0. The monoisotopic (exact) mass is 296 g/mol. The highest BCUT2D eigenvalue weighted by Crippen LogP contribution is 2.36. The lowest BCUT2D eigenvalue weighted by Gasteiger charge is -2.48. The molecule has 17 heavy (non-hydrogen) atoms. The third-order valence-electron chi connectivity index (χ3n) is 3.89. The van der Waals surface area contributed by atoms with Crippen molar-refractivity contribution in [2.75, 3.05) is 11.4 Å². The first kappa shape index (κ1) is 12.9. The number of halogens is 1. The lowest BCUT2D eigenvalue weighted by Crippen LogP contribution is -2.60. The molecule has 0 spiro atoms. The highest BCUT2D eigenvalue weighted by Gasteiger charge is 2.37. The maximum atomic E-state index is 6.26. The summed E-state index contributed by atoms with van der Waals surface area (Å²) in [6.07, 6.45) is 2.29. The molecular formula is C14H21BrN2. The van der Waals surface area contributed by atoms with E-state index >= 15 is 0 Å². The van der Waals surface area contributed by atoms with Crippen LogP contribution in [0.5, 0.6) is 0 Å². The first-order valence-electron chi connectivity index (χ1n) is 6.22. The number of aryl methyl sites for hydroxylation is 1. The van der Waals surface area contributed by atoms with Gasteiger partial charge in [0.15, 0.2) is 0 Å². The molecule has 2 nitrogen and oxygen atoms in total. The maximum Gasteiger partial charge on any atom is 0.0515 e. The Bertz CT molecular complexity index is 415. The molecule has 1 aliphatic rings. The molecule has 1 aromatic carbocycles. The molecule has 1 fully saturated rings. The fourth-order valence-electron chi connectivity index (χ4n) is 2.57. The van der Waals surface area contributed by atoms with Crippen LogP contribution in [-0.2, 0) is 0 Å². The normalized spacial score (nSPS) is 23.8. The Balaban J connectivity index is 2.38. The van der Waals surface area contributed by atoms with Crippen LogP contribution in [0.2, 0.25) is 0 Å². The molecule has 0 saturated carbocycles. The van der Waals surface area contributed by atoms with E-state index in [1.54, 1.807) is 0 Å². The summed E-state index contributed by atoms with van der Waals surface area (Å²) in [5, 5.41) is 0. The second-order valence-electron chi connectivity index (χ2n) is 5.51. The molecule has 1 unspecified atom stereocenters. The molecule has 0 bridgehead atoms. The van der Waals surface area contributed by atoms with Crippen molar-refractivity contribution in [1.82, 2.24) is 0 Å². The van der Waals surface area contributed by atoms with Gasteiger partial charge >= 0.3 is 0 Å². The summed E-state index contributed by atoms with van der Waals surface area (Å²) in [6, 6.07) is 6.77. The summed E-state index contributed by atoms with van der Waals surface area (Å²) >= 11 is 3.67. The number of benzene rings is 1. The lowest BCUT2D eigenvalue weighted by atomic mass is 9.85. The quantitative estimate of drug-likeness (QED) is 0.860.